The van der Waals surface area contributed by atoms with Crippen molar-refractivity contribution in [3.8, 4) is 11.4 Å². The molecule has 0 radical (unpaired) electrons. The van der Waals surface area contributed by atoms with E-state index in [1.807, 2.05) is 13.8 Å². The summed E-state index contributed by atoms with van der Waals surface area (Å²) in [6, 6.07) is 6.06. The molecule has 0 saturated carbocycles. The summed E-state index contributed by atoms with van der Waals surface area (Å²) in [7, 11) is 1.31. The number of rotatable bonds is 6. The molecule has 0 aliphatic heterocycles. The minimum atomic E-state index is -0.663. The van der Waals surface area contributed by atoms with Crippen LogP contribution >= 0.6 is 0 Å². The summed E-state index contributed by atoms with van der Waals surface area (Å²) in [6.45, 7) is 3.95. The first-order valence-electron chi connectivity index (χ1n) is 7.23. The smallest absolute Gasteiger partial charge is 0.328 e. The van der Waals surface area contributed by atoms with Gasteiger partial charge in [0.2, 0.25) is 5.82 Å². The molecule has 2 rings (SSSR count). The molecule has 0 fully saturated rings. The molecule has 2 aromatic rings. The third kappa shape index (κ3) is 4.35. The second-order valence-corrected chi connectivity index (χ2v) is 5.49. The lowest BCUT2D eigenvalue weighted by Crippen LogP contribution is -2.42. The number of H-pyrrole nitrogens is 1. The molecular weight excluding hydrogens is 298 g/mol. The van der Waals surface area contributed by atoms with E-state index < -0.39 is 12.0 Å². The third-order valence-electron chi connectivity index (χ3n) is 3.25. The van der Waals surface area contributed by atoms with E-state index in [-0.39, 0.29) is 11.8 Å². The molecule has 8 nitrogen and oxygen atoms in total. The highest BCUT2D eigenvalue weighted by atomic mass is 16.5. The molecule has 23 heavy (non-hydrogen) atoms. The Labute approximate surface area is 133 Å². The summed E-state index contributed by atoms with van der Waals surface area (Å²) >= 11 is 0. The minimum Gasteiger partial charge on any atom is -0.467 e. The lowest BCUT2D eigenvalue weighted by molar-refractivity contribution is -0.143. The average molecular weight is 317 g/mol. The first kappa shape index (κ1) is 16.6. The van der Waals surface area contributed by atoms with Gasteiger partial charge in [-0.25, -0.2) is 4.79 Å². The Morgan fingerprint density at radius 1 is 1.26 bits per heavy atom. The fourth-order valence-corrected chi connectivity index (χ4v) is 2.12. The van der Waals surface area contributed by atoms with Crippen molar-refractivity contribution in [3.63, 3.8) is 0 Å². The lowest BCUT2D eigenvalue weighted by Gasteiger charge is -2.18. The van der Waals surface area contributed by atoms with E-state index in [2.05, 4.69) is 25.9 Å². The van der Waals surface area contributed by atoms with Gasteiger partial charge in [0.25, 0.3) is 5.91 Å². The molecule has 1 atom stereocenters. The molecule has 1 aromatic heterocycles. The van der Waals surface area contributed by atoms with Gasteiger partial charge < -0.3 is 10.1 Å². The van der Waals surface area contributed by atoms with E-state index in [4.69, 9.17) is 4.74 Å². The number of carbonyl (C=O) groups is 2. The number of hydrogen-bond donors (Lipinski definition) is 2. The van der Waals surface area contributed by atoms with Gasteiger partial charge in [0.1, 0.15) is 6.04 Å². The zero-order valence-corrected chi connectivity index (χ0v) is 13.2. The van der Waals surface area contributed by atoms with Crippen LogP contribution in [0.1, 0.15) is 30.6 Å². The molecule has 2 N–H and O–H groups in total. The van der Waals surface area contributed by atoms with Crippen molar-refractivity contribution in [1.29, 1.82) is 0 Å². The molecule has 0 aliphatic carbocycles. The van der Waals surface area contributed by atoms with Crippen molar-refractivity contribution in [3.05, 3.63) is 29.8 Å². The average Bonchev–Trinajstić information content (AvgIpc) is 3.07. The van der Waals surface area contributed by atoms with Crippen LogP contribution in [0.15, 0.2) is 24.3 Å². The predicted molar refractivity (Wildman–Crippen MR) is 82.3 cm³/mol. The molecule has 122 valence electrons. The maximum absolute atomic E-state index is 12.3. The number of aromatic amines is 1. The van der Waals surface area contributed by atoms with Crippen molar-refractivity contribution >= 4 is 11.9 Å². The van der Waals surface area contributed by atoms with Crippen LogP contribution in [0.2, 0.25) is 0 Å². The molecule has 0 aliphatic rings. The number of nitrogens with zero attached hydrogens (tertiary/aromatic N) is 3. The highest BCUT2D eigenvalue weighted by Crippen LogP contribution is 2.14. The summed E-state index contributed by atoms with van der Waals surface area (Å²) in [5, 5.41) is 16.3. The van der Waals surface area contributed by atoms with Gasteiger partial charge in [-0.3, -0.25) is 4.79 Å². The second-order valence-electron chi connectivity index (χ2n) is 5.49. The number of nitrogens with one attached hydrogen (secondary N) is 2. The molecule has 0 bridgehead atoms. The summed E-state index contributed by atoms with van der Waals surface area (Å²) in [5.41, 5.74) is 1.18. The van der Waals surface area contributed by atoms with Gasteiger partial charge in [0.15, 0.2) is 0 Å². The van der Waals surface area contributed by atoms with Gasteiger partial charge in [-0.1, -0.05) is 26.0 Å². The normalized spacial score (nSPS) is 12.0. The van der Waals surface area contributed by atoms with Gasteiger partial charge >= 0.3 is 5.97 Å². The fourth-order valence-electron chi connectivity index (χ4n) is 2.12. The molecule has 1 aromatic carbocycles. The number of amides is 1. The minimum absolute atomic E-state index is 0.250. The van der Waals surface area contributed by atoms with E-state index in [0.29, 0.717) is 17.8 Å². The van der Waals surface area contributed by atoms with E-state index in [1.54, 1.807) is 24.3 Å². The van der Waals surface area contributed by atoms with Crippen LogP contribution in [-0.2, 0) is 9.53 Å². The fraction of sp³-hybridized carbons (Fsp3) is 0.400. The van der Waals surface area contributed by atoms with Crippen LogP contribution in [0.3, 0.4) is 0 Å². The number of aromatic nitrogens is 4. The standard InChI is InChI=1S/C15H19N5O3/c1-9(2)8-12(15(22)23-3)16-14(21)11-6-4-10(5-7-11)13-17-19-20-18-13/h4-7,9,12H,8H2,1-3H3,(H,16,21)(H,17,18,19,20). The van der Waals surface area contributed by atoms with Gasteiger partial charge in [-0.2, -0.15) is 5.21 Å². The summed E-state index contributed by atoms with van der Waals surface area (Å²) < 4.78 is 4.74. The summed E-state index contributed by atoms with van der Waals surface area (Å²) in [6.07, 6.45) is 0.513. The first-order chi connectivity index (χ1) is 11.0. The van der Waals surface area contributed by atoms with E-state index in [9.17, 15) is 9.59 Å². The zero-order valence-electron chi connectivity index (χ0n) is 13.2. The van der Waals surface area contributed by atoms with Crippen LogP contribution in [0, 0.1) is 5.92 Å². The quantitative estimate of drug-likeness (QED) is 0.774. The molecule has 0 spiro atoms. The second kappa shape index (κ2) is 7.48. The Kier molecular flexibility index (Phi) is 5.40. The monoisotopic (exact) mass is 317 g/mol. The van der Waals surface area contributed by atoms with Crippen LogP contribution in [0.5, 0.6) is 0 Å². The van der Waals surface area contributed by atoms with Gasteiger partial charge in [0.05, 0.1) is 7.11 Å². The van der Waals surface area contributed by atoms with Crippen molar-refractivity contribution in [2.24, 2.45) is 5.92 Å². The van der Waals surface area contributed by atoms with Crippen LogP contribution in [-0.4, -0.2) is 45.7 Å². The van der Waals surface area contributed by atoms with E-state index >= 15 is 0 Å². The number of ether oxygens (including phenoxy) is 1. The highest BCUT2D eigenvalue weighted by Gasteiger charge is 2.23. The number of methoxy groups -OCH3 is 1. The Balaban J connectivity index is 2.08. The first-order valence-corrected chi connectivity index (χ1v) is 7.23. The zero-order chi connectivity index (χ0) is 16.8. The largest absolute Gasteiger partial charge is 0.467 e. The van der Waals surface area contributed by atoms with Crippen molar-refractivity contribution in [2.45, 2.75) is 26.3 Å². The van der Waals surface area contributed by atoms with Crippen LogP contribution < -0.4 is 5.32 Å². The number of hydrogen-bond acceptors (Lipinski definition) is 6. The number of benzene rings is 1. The van der Waals surface area contributed by atoms with Crippen LogP contribution in [0.25, 0.3) is 11.4 Å². The molecule has 1 heterocycles. The number of esters is 1. The number of carbonyl (C=O) groups excluding carboxylic acids is 2. The predicted octanol–water partition coefficient (Wildman–Crippen LogP) is 1.18. The SMILES string of the molecule is COC(=O)C(CC(C)C)NC(=O)c1ccc(-c2nn[nH]n2)cc1. The third-order valence-corrected chi connectivity index (χ3v) is 3.25. The molecule has 8 heteroatoms. The molecular formula is C15H19N5O3. The maximum Gasteiger partial charge on any atom is 0.328 e. The Morgan fingerprint density at radius 3 is 2.48 bits per heavy atom. The number of tetrazole rings is 1. The van der Waals surface area contributed by atoms with E-state index in [0.717, 1.165) is 5.56 Å². The van der Waals surface area contributed by atoms with Crippen LogP contribution in [0.4, 0.5) is 0 Å². The summed E-state index contributed by atoms with van der Waals surface area (Å²) in [5.74, 6) is -0.0830. The Bertz CT molecular complexity index is 652. The Morgan fingerprint density at radius 2 is 1.96 bits per heavy atom. The maximum atomic E-state index is 12.3. The topological polar surface area (TPSA) is 110 Å². The summed E-state index contributed by atoms with van der Waals surface area (Å²) in [4.78, 5) is 24.0. The lowest BCUT2D eigenvalue weighted by atomic mass is 10.0. The molecule has 0 saturated heterocycles. The highest BCUT2D eigenvalue weighted by molar-refractivity contribution is 5.97. The van der Waals surface area contributed by atoms with E-state index in [1.165, 1.54) is 7.11 Å². The van der Waals surface area contributed by atoms with Gasteiger partial charge in [0, 0.05) is 11.1 Å². The van der Waals surface area contributed by atoms with Crippen molar-refractivity contribution in [2.75, 3.05) is 7.11 Å². The molecule has 1 unspecified atom stereocenters. The Hall–Kier alpha value is -2.77. The van der Waals surface area contributed by atoms with Crippen molar-refractivity contribution < 1.29 is 14.3 Å². The van der Waals surface area contributed by atoms with Crippen molar-refractivity contribution in [1.82, 2.24) is 25.9 Å². The van der Waals surface area contributed by atoms with Gasteiger partial charge in [-0.15, -0.1) is 10.2 Å². The molecule has 1 amide bonds. The van der Waals surface area contributed by atoms with Gasteiger partial charge in [-0.05, 0) is 29.7 Å².